The summed E-state index contributed by atoms with van der Waals surface area (Å²) in [6.07, 6.45) is 18.2. The van der Waals surface area contributed by atoms with Crippen molar-refractivity contribution in [3.8, 4) is 0 Å². The molecule has 25 heavy (non-hydrogen) atoms. The maximum absolute atomic E-state index is 5.34. The summed E-state index contributed by atoms with van der Waals surface area (Å²) in [6, 6.07) is 0. The van der Waals surface area contributed by atoms with Crippen LogP contribution in [0.15, 0.2) is 0 Å². The van der Waals surface area contributed by atoms with Crippen molar-refractivity contribution < 1.29 is 14.2 Å². The Bertz CT molecular complexity index is 262. The first-order chi connectivity index (χ1) is 12.1. The molecule has 0 aliphatic heterocycles. The van der Waals surface area contributed by atoms with Gasteiger partial charge < -0.3 is 14.2 Å². The highest BCUT2D eigenvalue weighted by Gasteiger charge is 2.28. The molecule has 0 bridgehead atoms. The molecule has 0 saturated heterocycles. The van der Waals surface area contributed by atoms with E-state index in [4.69, 9.17) is 14.2 Å². The molecular formula is C22H46O3. The molecule has 152 valence electrons. The van der Waals surface area contributed by atoms with Crippen LogP contribution < -0.4 is 0 Å². The van der Waals surface area contributed by atoms with E-state index in [1.54, 1.807) is 21.3 Å². The van der Waals surface area contributed by atoms with Gasteiger partial charge in [0.25, 0.3) is 5.97 Å². The quantitative estimate of drug-likeness (QED) is 0.193. The Hall–Kier alpha value is -0.120. The minimum absolute atomic E-state index is 0.632. The van der Waals surface area contributed by atoms with Crippen molar-refractivity contribution in [1.29, 1.82) is 0 Å². The molecule has 0 aliphatic carbocycles. The smallest absolute Gasteiger partial charge is 0.282 e. The second kappa shape index (κ2) is 15.0. The summed E-state index contributed by atoms with van der Waals surface area (Å²) >= 11 is 0. The summed E-state index contributed by atoms with van der Waals surface area (Å²) in [7, 11) is 4.92. The van der Waals surface area contributed by atoms with Gasteiger partial charge in [-0.3, -0.25) is 0 Å². The number of rotatable bonds is 18. The van der Waals surface area contributed by atoms with Crippen LogP contribution in [0.5, 0.6) is 0 Å². The molecule has 0 saturated carbocycles. The van der Waals surface area contributed by atoms with Gasteiger partial charge in [-0.25, -0.2) is 0 Å². The van der Waals surface area contributed by atoms with Gasteiger partial charge in [-0.05, 0) is 37.5 Å². The highest BCUT2D eigenvalue weighted by atomic mass is 16.9. The normalized spacial score (nSPS) is 12.7. The van der Waals surface area contributed by atoms with E-state index in [0.29, 0.717) is 5.41 Å². The molecule has 0 N–H and O–H groups in total. The number of unbranched alkanes of at least 4 members (excludes halogenated alkanes) is 5. The fraction of sp³-hybridized carbons (Fsp3) is 1.00. The largest absolute Gasteiger partial charge is 0.331 e. The van der Waals surface area contributed by atoms with Crippen LogP contribution in [0.25, 0.3) is 0 Å². The Morgan fingerprint density at radius 3 is 1.20 bits per heavy atom. The summed E-state index contributed by atoms with van der Waals surface area (Å²) in [5.41, 5.74) is 0.632. The van der Waals surface area contributed by atoms with Crippen LogP contribution in [0, 0.1) is 5.41 Å². The molecule has 0 atom stereocenters. The summed E-state index contributed by atoms with van der Waals surface area (Å²) in [5, 5.41) is 0. The van der Waals surface area contributed by atoms with E-state index in [1.165, 1.54) is 77.0 Å². The van der Waals surface area contributed by atoms with Crippen LogP contribution in [-0.2, 0) is 14.2 Å². The van der Waals surface area contributed by atoms with Crippen molar-refractivity contribution in [2.24, 2.45) is 5.41 Å². The second-order valence-corrected chi connectivity index (χ2v) is 7.67. The number of hydrogen-bond donors (Lipinski definition) is 0. The number of ether oxygens (including phenoxy) is 3. The molecule has 3 nitrogen and oxygen atoms in total. The SMILES string of the molecule is CCCC(CCC)(CCC)CCCCCCCCC(OC)(OC)OC. The lowest BCUT2D eigenvalue weighted by atomic mass is 9.72. The first-order valence-electron chi connectivity index (χ1n) is 10.7. The van der Waals surface area contributed by atoms with Crippen LogP contribution in [0.4, 0.5) is 0 Å². The van der Waals surface area contributed by atoms with Crippen molar-refractivity contribution in [2.75, 3.05) is 21.3 Å². The van der Waals surface area contributed by atoms with E-state index < -0.39 is 5.97 Å². The van der Waals surface area contributed by atoms with E-state index in [-0.39, 0.29) is 0 Å². The molecule has 3 heteroatoms. The zero-order valence-corrected chi connectivity index (χ0v) is 18.1. The molecule has 0 aliphatic rings. The summed E-state index contributed by atoms with van der Waals surface area (Å²) in [4.78, 5) is 0. The first-order valence-corrected chi connectivity index (χ1v) is 10.7. The van der Waals surface area contributed by atoms with Gasteiger partial charge in [0, 0.05) is 27.8 Å². The predicted octanol–water partition coefficient (Wildman–Crippen LogP) is 7.09. The molecule has 0 rings (SSSR count). The number of hydrogen-bond acceptors (Lipinski definition) is 3. The lowest BCUT2D eigenvalue weighted by Gasteiger charge is -2.34. The average Bonchev–Trinajstić information content (AvgIpc) is 2.62. The highest BCUT2D eigenvalue weighted by Crippen LogP contribution is 2.40. The lowest BCUT2D eigenvalue weighted by Crippen LogP contribution is -2.35. The average molecular weight is 359 g/mol. The van der Waals surface area contributed by atoms with Gasteiger partial charge in [-0.2, -0.15) is 0 Å². The zero-order valence-electron chi connectivity index (χ0n) is 18.1. The van der Waals surface area contributed by atoms with Gasteiger partial charge in [0.15, 0.2) is 0 Å². The van der Waals surface area contributed by atoms with Crippen molar-refractivity contribution in [1.82, 2.24) is 0 Å². The summed E-state index contributed by atoms with van der Waals surface area (Å²) < 4.78 is 16.0. The standard InChI is InChI=1S/C22H46O3/c1-7-16-21(17-8-2,18-9-3)19-14-12-10-11-13-15-20-22(23-4,24-5)25-6/h7-20H2,1-6H3. The van der Waals surface area contributed by atoms with Crippen LogP contribution in [0.1, 0.15) is 111 Å². The number of methoxy groups -OCH3 is 3. The third kappa shape index (κ3) is 9.96. The lowest BCUT2D eigenvalue weighted by molar-refractivity contribution is -0.355. The molecule has 0 amide bonds. The maximum Gasteiger partial charge on any atom is 0.282 e. The molecular weight excluding hydrogens is 312 g/mol. The van der Waals surface area contributed by atoms with Crippen LogP contribution in [0.2, 0.25) is 0 Å². The van der Waals surface area contributed by atoms with Crippen molar-refractivity contribution in [3.63, 3.8) is 0 Å². The van der Waals surface area contributed by atoms with Crippen molar-refractivity contribution in [3.05, 3.63) is 0 Å². The van der Waals surface area contributed by atoms with Gasteiger partial charge in [0.05, 0.1) is 0 Å². The molecule has 0 radical (unpaired) electrons. The van der Waals surface area contributed by atoms with Gasteiger partial charge in [-0.1, -0.05) is 72.1 Å². The third-order valence-electron chi connectivity index (χ3n) is 5.71. The third-order valence-corrected chi connectivity index (χ3v) is 5.71. The molecule has 0 spiro atoms. The Morgan fingerprint density at radius 1 is 0.480 bits per heavy atom. The molecule has 0 aromatic rings. The Balaban J connectivity index is 3.96. The van der Waals surface area contributed by atoms with Crippen molar-refractivity contribution >= 4 is 0 Å². The Labute approximate surface area is 158 Å². The minimum Gasteiger partial charge on any atom is -0.331 e. The first kappa shape index (κ1) is 24.9. The molecule has 0 heterocycles. The van der Waals surface area contributed by atoms with Crippen LogP contribution in [-0.4, -0.2) is 27.3 Å². The molecule has 0 fully saturated rings. The van der Waals surface area contributed by atoms with Gasteiger partial charge in [-0.15, -0.1) is 0 Å². The van der Waals surface area contributed by atoms with E-state index in [2.05, 4.69) is 20.8 Å². The van der Waals surface area contributed by atoms with E-state index in [0.717, 1.165) is 12.8 Å². The fourth-order valence-corrected chi connectivity index (χ4v) is 4.45. The monoisotopic (exact) mass is 358 g/mol. The van der Waals surface area contributed by atoms with Crippen LogP contribution >= 0.6 is 0 Å². The maximum atomic E-state index is 5.34. The fourth-order valence-electron chi connectivity index (χ4n) is 4.45. The van der Waals surface area contributed by atoms with Crippen molar-refractivity contribution in [2.45, 2.75) is 117 Å². The van der Waals surface area contributed by atoms with E-state index in [9.17, 15) is 0 Å². The molecule has 0 unspecified atom stereocenters. The Kier molecular flexibility index (Phi) is 14.9. The Morgan fingerprint density at radius 2 is 0.840 bits per heavy atom. The molecule has 0 aromatic heterocycles. The van der Waals surface area contributed by atoms with E-state index in [1.807, 2.05) is 0 Å². The topological polar surface area (TPSA) is 27.7 Å². The predicted molar refractivity (Wildman–Crippen MR) is 108 cm³/mol. The van der Waals surface area contributed by atoms with Gasteiger partial charge in [0.2, 0.25) is 0 Å². The minimum atomic E-state index is -0.847. The van der Waals surface area contributed by atoms with Crippen LogP contribution in [0.3, 0.4) is 0 Å². The summed E-state index contributed by atoms with van der Waals surface area (Å²) in [6.45, 7) is 7.04. The zero-order chi connectivity index (χ0) is 19.0. The van der Waals surface area contributed by atoms with E-state index >= 15 is 0 Å². The highest BCUT2D eigenvalue weighted by molar-refractivity contribution is 4.78. The second-order valence-electron chi connectivity index (χ2n) is 7.67. The summed E-state index contributed by atoms with van der Waals surface area (Å²) in [5.74, 6) is -0.847. The molecule has 0 aromatic carbocycles. The van der Waals surface area contributed by atoms with Gasteiger partial charge >= 0.3 is 0 Å². The van der Waals surface area contributed by atoms with Gasteiger partial charge in [0.1, 0.15) is 0 Å².